The Morgan fingerprint density at radius 2 is 2.16 bits per heavy atom. The number of hydrogen-bond acceptors (Lipinski definition) is 4. The molecule has 0 unspecified atom stereocenters. The molecule has 2 N–H and O–H groups in total. The van der Waals surface area contributed by atoms with Crippen LogP contribution >= 0.6 is 11.6 Å². The molecule has 0 bridgehead atoms. The summed E-state index contributed by atoms with van der Waals surface area (Å²) in [6.07, 6.45) is 0. The predicted molar refractivity (Wildman–Crippen MR) is 76.9 cm³/mol. The summed E-state index contributed by atoms with van der Waals surface area (Å²) in [6.45, 7) is 0.575. The van der Waals surface area contributed by atoms with Crippen molar-refractivity contribution in [2.75, 3.05) is 17.7 Å². The summed E-state index contributed by atoms with van der Waals surface area (Å²) in [4.78, 5) is 6.15. The molecule has 4 nitrogen and oxygen atoms in total. The molecular formula is C14H13ClN4. The Labute approximate surface area is 117 Å². The molecule has 2 aromatic rings. The van der Waals surface area contributed by atoms with Crippen molar-refractivity contribution >= 4 is 23.1 Å². The Hall–Kier alpha value is -2.25. The molecule has 19 heavy (non-hydrogen) atoms. The number of hydrogen-bond donors (Lipinski definition) is 1. The zero-order valence-electron chi connectivity index (χ0n) is 10.5. The third-order valence-electron chi connectivity index (χ3n) is 2.72. The van der Waals surface area contributed by atoms with Crippen molar-refractivity contribution in [1.82, 2.24) is 4.98 Å². The fourth-order valence-corrected chi connectivity index (χ4v) is 1.93. The Balaban J connectivity index is 2.23. The van der Waals surface area contributed by atoms with Gasteiger partial charge in [-0.2, -0.15) is 5.26 Å². The summed E-state index contributed by atoms with van der Waals surface area (Å²) in [5.41, 5.74) is 7.74. The highest BCUT2D eigenvalue weighted by Crippen LogP contribution is 2.22. The molecule has 0 aliphatic heterocycles. The standard InChI is InChI=1S/C14H13ClN4/c1-19(14-4-2-3-12(8-16)18-14)9-10-7-11(17)5-6-13(10)15/h2-7H,9,17H2,1H3. The zero-order chi connectivity index (χ0) is 13.8. The highest BCUT2D eigenvalue weighted by atomic mass is 35.5. The van der Waals surface area contributed by atoms with E-state index in [1.54, 1.807) is 24.3 Å². The minimum Gasteiger partial charge on any atom is -0.399 e. The van der Waals surface area contributed by atoms with Crippen LogP contribution in [-0.4, -0.2) is 12.0 Å². The molecule has 0 fully saturated rings. The van der Waals surface area contributed by atoms with Crippen LogP contribution in [0.4, 0.5) is 11.5 Å². The Morgan fingerprint density at radius 1 is 1.37 bits per heavy atom. The molecule has 1 aromatic heterocycles. The van der Waals surface area contributed by atoms with Gasteiger partial charge in [-0.05, 0) is 35.9 Å². The van der Waals surface area contributed by atoms with Gasteiger partial charge in [0.1, 0.15) is 17.6 Å². The first-order chi connectivity index (χ1) is 9.10. The molecule has 0 aliphatic rings. The first kappa shape index (κ1) is 13.2. The van der Waals surface area contributed by atoms with Crippen LogP contribution < -0.4 is 10.6 Å². The molecule has 96 valence electrons. The van der Waals surface area contributed by atoms with Crippen molar-refractivity contribution < 1.29 is 0 Å². The molecule has 0 amide bonds. The number of pyridine rings is 1. The minimum atomic E-state index is 0.392. The summed E-state index contributed by atoms with van der Waals surface area (Å²) in [6, 6.07) is 12.7. The first-order valence-electron chi connectivity index (χ1n) is 5.72. The molecule has 1 aromatic carbocycles. The van der Waals surface area contributed by atoms with Crippen LogP contribution in [0.5, 0.6) is 0 Å². The van der Waals surface area contributed by atoms with E-state index in [4.69, 9.17) is 22.6 Å². The number of nitrogens with zero attached hydrogens (tertiary/aromatic N) is 3. The van der Waals surface area contributed by atoms with Crippen LogP contribution in [0, 0.1) is 11.3 Å². The van der Waals surface area contributed by atoms with Crippen molar-refractivity contribution in [3.63, 3.8) is 0 Å². The average molecular weight is 273 g/mol. The molecule has 0 saturated carbocycles. The second-order valence-electron chi connectivity index (χ2n) is 4.20. The highest BCUT2D eigenvalue weighted by molar-refractivity contribution is 6.31. The lowest BCUT2D eigenvalue weighted by atomic mass is 10.2. The van der Waals surface area contributed by atoms with Gasteiger partial charge < -0.3 is 10.6 Å². The normalized spacial score (nSPS) is 9.95. The summed E-state index contributed by atoms with van der Waals surface area (Å²) in [7, 11) is 1.89. The van der Waals surface area contributed by atoms with E-state index in [2.05, 4.69) is 4.98 Å². The predicted octanol–water partition coefficient (Wildman–Crippen LogP) is 2.83. The average Bonchev–Trinajstić information content (AvgIpc) is 2.43. The lowest BCUT2D eigenvalue weighted by Crippen LogP contribution is -2.18. The van der Waals surface area contributed by atoms with Gasteiger partial charge in [0.2, 0.25) is 0 Å². The summed E-state index contributed by atoms with van der Waals surface area (Å²) in [5.74, 6) is 0.720. The van der Waals surface area contributed by atoms with E-state index >= 15 is 0 Å². The molecule has 2 rings (SSSR count). The van der Waals surface area contributed by atoms with E-state index in [9.17, 15) is 0 Å². The maximum Gasteiger partial charge on any atom is 0.142 e. The Bertz CT molecular complexity index is 634. The minimum absolute atomic E-state index is 0.392. The maximum atomic E-state index is 8.85. The number of nitrogen functional groups attached to an aromatic ring is 1. The van der Waals surface area contributed by atoms with Crippen molar-refractivity contribution in [3.05, 3.63) is 52.7 Å². The molecular weight excluding hydrogens is 260 g/mol. The van der Waals surface area contributed by atoms with E-state index in [0.29, 0.717) is 22.9 Å². The third kappa shape index (κ3) is 3.15. The molecule has 0 spiro atoms. The van der Waals surface area contributed by atoms with Gasteiger partial charge in [0.25, 0.3) is 0 Å². The van der Waals surface area contributed by atoms with Crippen LogP contribution in [-0.2, 0) is 6.54 Å². The largest absolute Gasteiger partial charge is 0.399 e. The van der Waals surface area contributed by atoms with Gasteiger partial charge in [-0.3, -0.25) is 0 Å². The number of anilines is 2. The monoisotopic (exact) mass is 272 g/mol. The zero-order valence-corrected chi connectivity index (χ0v) is 11.2. The molecule has 5 heteroatoms. The van der Waals surface area contributed by atoms with E-state index in [1.165, 1.54) is 0 Å². The van der Waals surface area contributed by atoms with E-state index in [0.717, 1.165) is 11.4 Å². The van der Waals surface area contributed by atoms with Crippen molar-refractivity contribution in [3.8, 4) is 6.07 Å². The van der Waals surface area contributed by atoms with Crippen LogP contribution in [0.15, 0.2) is 36.4 Å². The summed E-state index contributed by atoms with van der Waals surface area (Å²) < 4.78 is 0. The molecule has 0 aliphatic carbocycles. The van der Waals surface area contributed by atoms with Crippen molar-refractivity contribution in [2.24, 2.45) is 0 Å². The Morgan fingerprint density at radius 3 is 2.89 bits per heavy atom. The van der Waals surface area contributed by atoms with Gasteiger partial charge in [-0.1, -0.05) is 17.7 Å². The van der Waals surface area contributed by atoms with Crippen LogP contribution in [0.25, 0.3) is 0 Å². The smallest absolute Gasteiger partial charge is 0.142 e. The lowest BCUT2D eigenvalue weighted by molar-refractivity contribution is 0.896. The molecule has 1 heterocycles. The second kappa shape index (κ2) is 5.59. The lowest BCUT2D eigenvalue weighted by Gasteiger charge is -2.19. The quantitative estimate of drug-likeness (QED) is 0.873. The SMILES string of the molecule is CN(Cc1cc(N)ccc1Cl)c1cccc(C#N)n1. The van der Waals surface area contributed by atoms with Gasteiger partial charge in [0.15, 0.2) is 0 Å². The fraction of sp³-hybridized carbons (Fsp3) is 0.143. The van der Waals surface area contributed by atoms with Crippen LogP contribution in [0.2, 0.25) is 5.02 Å². The van der Waals surface area contributed by atoms with Gasteiger partial charge in [0.05, 0.1) is 0 Å². The number of halogens is 1. The van der Waals surface area contributed by atoms with Crippen LogP contribution in [0.3, 0.4) is 0 Å². The molecule has 0 radical (unpaired) electrons. The van der Waals surface area contributed by atoms with Crippen molar-refractivity contribution in [1.29, 1.82) is 5.26 Å². The number of aromatic nitrogens is 1. The van der Waals surface area contributed by atoms with E-state index in [-0.39, 0.29) is 0 Å². The number of benzene rings is 1. The van der Waals surface area contributed by atoms with Gasteiger partial charge in [-0.25, -0.2) is 4.98 Å². The first-order valence-corrected chi connectivity index (χ1v) is 6.10. The molecule has 0 saturated heterocycles. The number of rotatable bonds is 3. The van der Waals surface area contributed by atoms with Crippen molar-refractivity contribution in [2.45, 2.75) is 6.54 Å². The van der Waals surface area contributed by atoms with Gasteiger partial charge in [0, 0.05) is 24.3 Å². The number of nitrogens with two attached hydrogens (primary N) is 1. The summed E-state index contributed by atoms with van der Waals surface area (Å²) >= 11 is 6.13. The fourth-order valence-electron chi connectivity index (χ4n) is 1.75. The van der Waals surface area contributed by atoms with E-state index in [1.807, 2.05) is 30.1 Å². The van der Waals surface area contributed by atoms with Gasteiger partial charge >= 0.3 is 0 Å². The van der Waals surface area contributed by atoms with Gasteiger partial charge in [-0.15, -0.1) is 0 Å². The van der Waals surface area contributed by atoms with Crippen LogP contribution in [0.1, 0.15) is 11.3 Å². The second-order valence-corrected chi connectivity index (χ2v) is 4.61. The Kier molecular flexibility index (Phi) is 3.88. The topological polar surface area (TPSA) is 65.9 Å². The molecule has 0 atom stereocenters. The van der Waals surface area contributed by atoms with E-state index < -0.39 is 0 Å². The third-order valence-corrected chi connectivity index (χ3v) is 3.09. The maximum absolute atomic E-state index is 8.85. The number of nitriles is 1. The summed E-state index contributed by atoms with van der Waals surface area (Å²) in [5, 5.41) is 9.51. The highest BCUT2D eigenvalue weighted by Gasteiger charge is 2.07.